The van der Waals surface area contributed by atoms with E-state index in [1.807, 2.05) is 18.2 Å². The number of benzene rings is 2. The molecule has 1 heterocycles. The van der Waals surface area contributed by atoms with Crippen molar-refractivity contribution in [1.82, 2.24) is 10.2 Å². The van der Waals surface area contributed by atoms with Crippen LogP contribution in [0.1, 0.15) is 11.1 Å². The van der Waals surface area contributed by atoms with E-state index in [9.17, 15) is 27.9 Å². The van der Waals surface area contributed by atoms with Crippen molar-refractivity contribution in [2.24, 2.45) is 0 Å². The van der Waals surface area contributed by atoms with Crippen molar-refractivity contribution in [2.75, 3.05) is 13.1 Å². The molecule has 7 nitrogen and oxygen atoms in total. The highest BCUT2D eigenvalue weighted by Crippen LogP contribution is 2.23. The molecule has 0 saturated carbocycles. The number of hydrogen-bond acceptors (Lipinski definition) is 5. The Kier molecular flexibility index (Phi) is 7.01. The Morgan fingerprint density at radius 3 is 2.35 bits per heavy atom. The van der Waals surface area contributed by atoms with Gasteiger partial charge in [0.1, 0.15) is 12.4 Å². The quantitative estimate of drug-likeness (QED) is 0.724. The van der Waals surface area contributed by atoms with Gasteiger partial charge in [-0.2, -0.15) is 0 Å². The van der Waals surface area contributed by atoms with Crippen LogP contribution in [0.3, 0.4) is 0 Å². The summed E-state index contributed by atoms with van der Waals surface area (Å²) in [6, 6.07) is 13.4. The number of aliphatic hydroxyl groups excluding tert-OH is 1. The zero-order valence-corrected chi connectivity index (χ0v) is 16.3. The summed E-state index contributed by atoms with van der Waals surface area (Å²) in [4.78, 5) is 25.8. The fourth-order valence-electron chi connectivity index (χ4n) is 3.14. The molecule has 0 bridgehead atoms. The summed E-state index contributed by atoms with van der Waals surface area (Å²) in [6.45, 7) is 0.194. The van der Waals surface area contributed by atoms with Crippen LogP contribution in [-0.2, 0) is 22.6 Å². The molecule has 2 atom stereocenters. The zero-order valence-electron chi connectivity index (χ0n) is 16.3. The summed E-state index contributed by atoms with van der Waals surface area (Å²) in [5, 5.41) is 12.7. The van der Waals surface area contributed by atoms with Gasteiger partial charge in [0, 0.05) is 13.1 Å². The predicted octanol–water partition coefficient (Wildman–Crippen LogP) is 2.63. The van der Waals surface area contributed by atoms with Crippen molar-refractivity contribution in [1.29, 1.82) is 0 Å². The number of nitrogens with one attached hydrogen (secondary N) is 1. The number of nitrogens with zero attached hydrogens (tertiary/aromatic N) is 1. The fourth-order valence-corrected chi connectivity index (χ4v) is 3.14. The molecule has 2 aromatic rings. The van der Waals surface area contributed by atoms with E-state index >= 15 is 0 Å². The van der Waals surface area contributed by atoms with Gasteiger partial charge in [0.2, 0.25) is 5.91 Å². The smallest absolute Gasteiger partial charge is 0.445 e. The van der Waals surface area contributed by atoms with Gasteiger partial charge in [-0.15, -0.1) is 13.2 Å². The van der Waals surface area contributed by atoms with E-state index in [0.29, 0.717) is 5.56 Å². The van der Waals surface area contributed by atoms with E-state index in [2.05, 4.69) is 10.1 Å². The number of β-amino-alcohol motifs (C(OH)–C–C–N with tert-alkyl or cyclic N) is 1. The van der Waals surface area contributed by atoms with Crippen LogP contribution in [0.2, 0.25) is 0 Å². The Balaban J connectivity index is 1.47. The number of ether oxygens (including phenoxy) is 2. The van der Waals surface area contributed by atoms with Crippen LogP contribution in [0.5, 0.6) is 5.75 Å². The van der Waals surface area contributed by atoms with Crippen molar-refractivity contribution in [3.05, 3.63) is 65.7 Å². The first kappa shape index (κ1) is 22.4. The number of aliphatic hydroxyl groups is 1. The van der Waals surface area contributed by atoms with Crippen LogP contribution >= 0.6 is 0 Å². The van der Waals surface area contributed by atoms with Crippen molar-refractivity contribution in [2.45, 2.75) is 31.5 Å². The molecule has 0 aromatic heterocycles. The Hall–Kier alpha value is -3.27. The molecule has 0 radical (unpaired) electrons. The molecule has 1 saturated heterocycles. The molecule has 2 N–H and O–H groups in total. The topological polar surface area (TPSA) is 88.1 Å². The summed E-state index contributed by atoms with van der Waals surface area (Å²) in [7, 11) is 0. The third kappa shape index (κ3) is 6.88. The molecule has 2 aromatic carbocycles. The van der Waals surface area contributed by atoms with Crippen molar-refractivity contribution in [3.8, 4) is 5.75 Å². The molecule has 1 fully saturated rings. The SMILES string of the molecule is O=C(N[C@@H]1CN(C(=O)Cc2ccc(OC(F)(F)F)cc2)C[C@H]1O)OCc1ccccc1. The minimum Gasteiger partial charge on any atom is -0.445 e. The number of carbonyl (C=O) groups is 2. The Morgan fingerprint density at radius 2 is 1.71 bits per heavy atom. The molecule has 3 rings (SSSR count). The lowest BCUT2D eigenvalue weighted by Crippen LogP contribution is -2.43. The molecular weight excluding hydrogens is 417 g/mol. The summed E-state index contributed by atoms with van der Waals surface area (Å²) in [5.74, 6) is -0.705. The minimum absolute atomic E-state index is 0.0255. The van der Waals surface area contributed by atoms with Crippen LogP contribution in [0.4, 0.5) is 18.0 Å². The van der Waals surface area contributed by atoms with Gasteiger partial charge in [0.25, 0.3) is 0 Å². The first-order valence-corrected chi connectivity index (χ1v) is 9.47. The lowest BCUT2D eigenvalue weighted by Gasteiger charge is -2.17. The van der Waals surface area contributed by atoms with Gasteiger partial charge in [0.15, 0.2) is 0 Å². The normalized spacial score (nSPS) is 18.5. The van der Waals surface area contributed by atoms with Gasteiger partial charge in [-0.1, -0.05) is 42.5 Å². The second kappa shape index (κ2) is 9.69. The molecule has 31 heavy (non-hydrogen) atoms. The third-order valence-corrected chi connectivity index (χ3v) is 4.67. The average molecular weight is 438 g/mol. The number of rotatable bonds is 6. The van der Waals surface area contributed by atoms with Gasteiger partial charge in [-0.3, -0.25) is 4.79 Å². The fraction of sp³-hybridized carbons (Fsp3) is 0.333. The molecule has 1 aliphatic heterocycles. The van der Waals surface area contributed by atoms with Crippen LogP contribution in [0, 0.1) is 0 Å². The number of alkyl halides is 3. The highest BCUT2D eigenvalue weighted by Gasteiger charge is 2.35. The largest absolute Gasteiger partial charge is 0.573 e. The summed E-state index contributed by atoms with van der Waals surface area (Å²) in [5.41, 5.74) is 1.31. The predicted molar refractivity (Wildman–Crippen MR) is 103 cm³/mol. The van der Waals surface area contributed by atoms with Crippen molar-refractivity contribution in [3.63, 3.8) is 0 Å². The summed E-state index contributed by atoms with van der Waals surface area (Å²) >= 11 is 0. The zero-order chi connectivity index (χ0) is 22.4. The maximum Gasteiger partial charge on any atom is 0.573 e. The minimum atomic E-state index is -4.78. The van der Waals surface area contributed by atoms with Crippen molar-refractivity contribution >= 4 is 12.0 Å². The number of carbonyl (C=O) groups excluding carboxylic acids is 2. The first-order chi connectivity index (χ1) is 14.7. The monoisotopic (exact) mass is 438 g/mol. The van der Waals surface area contributed by atoms with E-state index in [0.717, 1.165) is 17.7 Å². The van der Waals surface area contributed by atoms with Crippen LogP contribution in [0.15, 0.2) is 54.6 Å². The molecule has 0 aliphatic carbocycles. The van der Waals surface area contributed by atoms with E-state index in [-0.39, 0.29) is 37.8 Å². The lowest BCUT2D eigenvalue weighted by molar-refractivity contribution is -0.274. The van der Waals surface area contributed by atoms with Gasteiger partial charge in [-0.25, -0.2) is 4.79 Å². The molecule has 10 heteroatoms. The van der Waals surface area contributed by atoms with Gasteiger partial charge < -0.3 is 24.8 Å². The Bertz CT molecular complexity index is 890. The molecule has 0 unspecified atom stereocenters. The van der Waals surface area contributed by atoms with Crippen LogP contribution < -0.4 is 10.1 Å². The van der Waals surface area contributed by atoms with Crippen molar-refractivity contribution < 1.29 is 37.3 Å². The van der Waals surface area contributed by atoms with E-state index < -0.39 is 24.6 Å². The molecule has 2 amide bonds. The van der Waals surface area contributed by atoms with E-state index in [4.69, 9.17) is 4.74 Å². The summed E-state index contributed by atoms with van der Waals surface area (Å²) < 4.78 is 45.5. The molecular formula is C21H21F3N2O5. The first-order valence-electron chi connectivity index (χ1n) is 9.47. The maximum absolute atomic E-state index is 12.5. The molecule has 0 spiro atoms. The summed E-state index contributed by atoms with van der Waals surface area (Å²) in [6.07, 6.45) is -6.52. The number of amides is 2. The van der Waals surface area contributed by atoms with Gasteiger partial charge in [-0.05, 0) is 23.3 Å². The van der Waals surface area contributed by atoms with Gasteiger partial charge in [0.05, 0.1) is 18.6 Å². The maximum atomic E-state index is 12.5. The Morgan fingerprint density at radius 1 is 1.03 bits per heavy atom. The standard InChI is InChI=1S/C21H21F3N2O5/c22-21(23,24)31-16-8-6-14(7-9-16)10-19(28)26-11-17(18(27)12-26)25-20(29)30-13-15-4-2-1-3-5-15/h1-9,17-18,27H,10-13H2,(H,25,29)/t17-,18-/m1/s1. The third-order valence-electron chi connectivity index (χ3n) is 4.67. The average Bonchev–Trinajstić information content (AvgIpc) is 3.08. The van der Waals surface area contributed by atoms with E-state index in [1.165, 1.54) is 17.0 Å². The number of likely N-dealkylation sites (tertiary alicyclic amines) is 1. The number of halogens is 3. The number of alkyl carbamates (subject to hydrolysis) is 1. The van der Waals surface area contributed by atoms with E-state index in [1.54, 1.807) is 12.1 Å². The number of hydrogen-bond donors (Lipinski definition) is 2. The molecule has 1 aliphatic rings. The molecule has 166 valence electrons. The second-order valence-electron chi connectivity index (χ2n) is 7.05. The highest BCUT2D eigenvalue weighted by molar-refractivity contribution is 5.79. The highest BCUT2D eigenvalue weighted by atomic mass is 19.4. The van der Waals surface area contributed by atoms with Crippen LogP contribution in [0.25, 0.3) is 0 Å². The van der Waals surface area contributed by atoms with Crippen LogP contribution in [-0.4, -0.2) is 53.6 Å². The second-order valence-corrected chi connectivity index (χ2v) is 7.05. The van der Waals surface area contributed by atoms with Gasteiger partial charge >= 0.3 is 12.5 Å². The lowest BCUT2D eigenvalue weighted by atomic mass is 10.1. The Labute approximate surface area is 176 Å².